The minimum Gasteiger partial charge on any atom is -0.478 e. The largest absolute Gasteiger partial charge is 0.478 e. The summed E-state index contributed by atoms with van der Waals surface area (Å²) in [6.07, 6.45) is 2.11. The third-order valence-corrected chi connectivity index (χ3v) is 3.06. The van der Waals surface area contributed by atoms with E-state index in [0.29, 0.717) is 5.69 Å². The predicted molar refractivity (Wildman–Crippen MR) is 66.6 cm³/mol. The lowest BCUT2D eigenvalue weighted by Crippen LogP contribution is -2.17. The van der Waals surface area contributed by atoms with Crippen LogP contribution in [0.1, 0.15) is 26.5 Å². The molecule has 0 unspecified atom stereocenters. The smallest absolute Gasteiger partial charge is 0.340 e. The van der Waals surface area contributed by atoms with Crippen LogP contribution in [0.3, 0.4) is 0 Å². The molecular weight excluding hydrogens is 272 g/mol. The van der Waals surface area contributed by atoms with Crippen molar-refractivity contribution < 1.29 is 14.7 Å². The number of carbonyl (C=O) groups is 2. The molecule has 0 aliphatic rings. The molecule has 2 heterocycles. The molecule has 98 valence electrons. The molecule has 0 atom stereocenters. The summed E-state index contributed by atoms with van der Waals surface area (Å²) in [5, 5.41) is 11.5. The van der Waals surface area contributed by atoms with Gasteiger partial charge in [0.25, 0.3) is 11.5 Å². The van der Waals surface area contributed by atoms with Crippen LogP contribution in [0.15, 0.2) is 17.2 Å². The van der Waals surface area contributed by atoms with E-state index >= 15 is 0 Å². The normalized spacial score (nSPS) is 10.2. The number of carboxylic acids is 1. The molecule has 1 amide bonds. The van der Waals surface area contributed by atoms with Gasteiger partial charge in [-0.2, -0.15) is 4.37 Å². The van der Waals surface area contributed by atoms with E-state index in [9.17, 15) is 14.4 Å². The minimum absolute atomic E-state index is 0.0259. The Hall–Kier alpha value is -2.55. The zero-order valence-corrected chi connectivity index (χ0v) is 10.4. The molecule has 8 nitrogen and oxygen atoms in total. The Balaban J connectivity index is 2.27. The summed E-state index contributed by atoms with van der Waals surface area (Å²) in [5.41, 5.74) is -0.191. The molecule has 0 saturated carbocycles. The number of anilines is 1. The molecule has 0 saturated heterocycles. The van der Waals surface area contributed by atoms with Crippen molar-refractivity contribution in [2.75, 3.05) is 5.32 Å². The van der Waals surface area contributed by atoms with Gasteiger partial charge in [-0.15, -0.1) is 0 Å². The van der Waals surface area contributed by atoms with Crippen molar-refractivity contribution in [3.8, 4) is 0 Å². The molecule has 0 spiro atoms. The van der Waals surface area contributed by atoms with Gasteiger partial charge in [0.2, 0.25) is 0 Å². The van der Waals surface area contributed by atoms with Gasteiger partial charge in [0, 0.05) is 6.20 Å². The molecule has 0 aliphatic carbocycles. The van der Waals surface area contributed by atoms with E-state index in [1.807, 2.05) is 0 Å². The second-order valence-electron chi connectivity index (χ2n) is 3.53. The molecular formula is C10H8N4O4S. The molecule has 2 aromatic heterocycles. The Bertz CT molecular complexity index is 685. The number of aromatic nitrogens is 3. The number of aromatic amines is 1. The fraction of sp³-hybridized carbons (Fsp3) is 0.100. The number of aromatic carboxylic acids is 1. The van der Waals surface area contributed by atoms with Crippen molar-refractivity contribution in [3.63, 3.8) is 0 Å². The van der Waals surface area contributed by atoms with Crippen molar-refractivity contribution in [1.82, 2.24) is 14.3 Å². The summed E-state index contributed by atoms with van der Waals surface area (Å²) in [5.74, 6) is -1.79. The topological polar surface area (TPSA) is 125 Å². The molecule has 0 bridgehead atoms. The lowest BCUT2D eigenvalue weighted by atomic mass is 10.2. The zero-order chi connectivity index (χ0) is 14.0. The molecule has 0 aliphatic heterocycles. The van der Waals surface area contributed by atoms with Crippen LogP contribution in [-0.2, 0) is 0 Å². The second kappa shape index (κ2) is 4.98. The third kappa shape index (κ3) is 2.65. The van der Waals surface area contributed by atoms with Crippen LogP contribution >= 0.6 is 11.5 Å². The van der Waals surface area contributed by atoms with Gasteiger partial charge in [-0.3, -0.25) is 9.59 Å². The Labute approximate surface area is 110 Å². The number of hydrogen-bond donors (Lipinski definition) is 3. The fourth-order valence-corrected chi connectivity index (χ4v) is 2.12. The van der Waals surface area contributed by atoms with Crippen LogP contribution in [0.25, 0.3) is 0 Å². The highest BCUT2D eigenvalue weighted by atomic mass is 32.1. The number of nitrogens with one attached hydrogen (secondary N) is 2. The van der Waals surface area contributed by atoms with Crippen LogP contribution < -0.4 is 10.9 Å². The van der Waals surface area contributed by atoms with E-state index in [0.717, 1.165) is 23.9 Å². The summed E-state index contributed by atoms with van der Waals surface area (Å²) in [4.78, 5) is 39.6. The highest BCUT2D eigenvalue weighted by molar-refractivity contribution is 7.11. The van der Waals surface area contributed by atoms with Gasteiger partial charge in [-0.05, 0) is 18.5 Å². The van der Waals surface area contributed by atoms with Gasteiger partial charge in [-0.25, -0.2) is 9.78 Å². The molecule has 2 aromatic rings. The van der Waals surface area contributed by atoms with Crippen molar-refractivity contribution >= 4 is 28.4 Å². The number of carboxylic acid groups (broad SMARTS) is 1. The van der Waals surface area contributed by atoms with E-state index in [2.05, 4.69) is 19.7 Å². The molecule has 0 radical (unpaired) electrons. The Kier molecular flexibility index (Phi) is 3.38. The highest BCUT2D eigenvalue weighted by Gasteiger charge is 2.20. The van der Waals surface area contributed by atoms with E-state index in [4.69, 9.17) is 5.11 Å². The maximum atomic E-state index is 11.8. The summed E-state index contributed by atoms with van der Waals surface area (Å²) in [7, 11) is 0. The quantitative estimate of drug-likeness (QED) is 0.751. The van der Waals surface area contributed by atoms with Crippen LogP contribution in [0.4, 0.5) is 5.00 Å². The van der Waals surface area contributed by atoms with Crippen LogP contribution in [0.5, 0.6) is 0 Å². The van der Waals surface area contributed by atoms with Gasteiger partial charge < -0.3 is 15.4 Å². The number of nitrogens with zero attached hydrogens (tertiary/aromatic N) is 2. The number of hydrogen-bond acceptors (Lipinski definition) is 6. The standard InChI is InChI=1S/C10H8N4O4S/c1-4-7(10(17)18)9(19-14-4)13-8(16)5-2-12-6(15)3-11-5/h2-3H,1H3,(H,12,15)(H,13,16)(H,17,18). The lowest BCUT2D eigenvalue weighted by molar-refractivity contribution is 0.0697. The predicted octanol–water partition coefficient (Wildman–Crippen LogP) is 0.485. The Morgan fingerprint density at radius 1 is 1.47 bits per heavy atom. The molecule has 19 heavy (non-hydrogen) atoms. The van der Waals surface area contributed by atoms with E-state index < -0.39 is 17.4 Å². The molecule has 0 aromatic carbocycles. The third-order valence-electron chi connectivity index (χ3n) is 2.21. The molecule has 2 rings (SSSR count). The number of aryl methyl sites for hydroxylation is 1. The maximum absolute atomic E-state index is 11.8. The molecule has 3 N–H and O–H groups in total. The number of amides is 1. The summed E-state index contributed by atoms with van der Waals surface area (Å²) in [6, 6.07) is 0. The summed E-state index contributed by atoms with van der Waals surface area (Å²) in [6.45, 7) is 1.54. The first kappa shape index (κ1) is 12.9. The van der Waals surface area contributed by atoms with Crippen LogP contribution in [-0.4, -0.2) is 31.3 Å². The molecule has 0 fully saturated rings. The van der Waals surface area contributed by atoms with Crippen molar-refractivity contribution in [3.05, 3.63) is 39.7 Å². The van der Waals surface area contributed by atoms with E-state index in [-0.39, 0.29) is 16.3 Å². The van der Waals surface area contributed by atoms with Gasteiger partial charge in [0.05, 0.1) is 11.9 Å². The minimum atomic E-state index is -1.17. The lowest BCUT2D eigenvalue weighted by Gasteiger charge is -2.02. The first-order chi connectivity index (χ1) is 8.99. The monoisotopic (exact) mass is 280 g/mol. The van der Waals surface area contributed by atoms with E-state index in [1.165, 1.54) is 6.92 Å². The van der Waals surface area contributed by atoms with Gasteiger partial charge >= 0.3 is 5.97 Å². The highest BCUT2D eigenvalue weighted by Crippen LogP contribution is 2.24. The van der Waals surface area contributed by atoms with Gasteiger partial charge in [0.1, 0.15) is 16.3 Å². The first-order valence-corrected chi connectivity index (χ1v) is 5.82. The average molecular weight is 280 g/mol. The summed E-state index contributed by atoms with van der Waals surface area (Å²) >= 11 is 0.868. The summed E-state index contributed by atoms with van der Waals surface area (Å²) < 4.78 is 3.87. The first-order valence-electron chi connectivity index (χ1n) is 5.04. The van der Waals surface area contributed by atoms with Gasteiger partial charge in [0.15, 0.2) is 0 Å². The number of carbonyl (C=O) groups excluding carboxylic acids is 1. The zero-order valence-electron chi connectivity index (χ0n) is 9.63. The van der Waals surface area contributed by atoms with Crippen LogP contribution in [0, 0.1) is 6.92 Å². The number of H-pyrrole nitrogens is 1. The SMILES string of the molecule is Cc1nsc(NC(=O)c2c[nH]c(=O)cn2)c1C(=O)O. The fourth-order valence-electron chi connectivity index (χ4n) is 1.34. The maximum Gasteiger partial charge on any atom is 0.340 e. The van der Waals surface area contributed by atoms with Crippen LogP contribution in [0.2, 0.25) is 0 Å². The molecule has 9 heteroatoms. The number of rotatable bonds is 3. The van der Waals surface area contributed by atoms with Crippen molar-refractivity contribution in [2.24, 2.45) is 0 Å². The van der Waals surface area contributed by atoms with Crippen molar-refractivity contribution in [2.45, 2.75) is 6.92 Å². The van der Waals surface area contributed by atoms with Crippen molar-refractivity contribution in [1.29, 1.82) is 0 Å². The van der Waals surface area contributed by atoms with Gasteiger partial charge in [-0.1, -0.05) is 0 Å². The van der Waals surface area contributed by atoms with E-state index in [1.54, 1.807) is 0 Å². The average Bonchev–Trinajstić information content (AvgIpc) is 2.71. The second-order valence-corrected chi connectivity index (χ2v) is 4.30. The Morgan fingerprint density at radius 3 is 2.79 bits per heavy atom. The Morgan fingerprint density at radius 2 is 2.21 bits per heavy atom.